The number of hydrogen-bond donors (Lipinski definition) is 1. The SMILES string of the molecule is O=C(NCc1ccc(N2CCCC2=O)cc1)c1sccc1-c1ccccc1. The van der Waals surface area contributed by atoms with E-state index in [0.29, 0.717) is 13.0 Å². The standard InChI is InChI=1S/C22H20N2O2S/c25-20-7-4-13-24(20)18-10-8-16(9-11-18)15-23-22(26)21-19(12-14-27-21)17-5-2-1-3-6-17/h1-3,5-6,8-12,14H,4,7,13,15H2,(H,23,26). The summed E-state index contributed by atoms with van der Waals surface area (Å²) in [4.78, 5) is 27.0. The van der Waals surface area contributed by atoms with Gasteiger partial charge in [-0.2, -0.15) is 0 Å². The highest BCUT2D eigenvalue weighted by Gasteiger charge is 2.21. The molecule has 0 radical (unpaired) electrons. The van der Waals surface area contributed by atoms with Crippen molar-refractivity contribution >= 4 is 28.8 Å². The molecule has 4 rings (SSSR count). The molecule has 2 heterocycles. The predicted octanol–water partition coefficient (Wildman–Crippen LogP) is 4.47. The van der Waals surface area contributed by atoms with Crippen LogP contribution in [0.1, 0.15) is 28.1 Å². The largest absolute Gasteiger partial charge is 0.347 e. The molecule has 1 N–H and O–H groups in total. The minimum absolute atomic E-state index is 0.0670. The average Bonchev–Trinajstić information content (AvgIpc) is 3.36. The van der Waals surface area contributed by atoms with Gasteiger partial charge in [0, 0.05) is 30.8 Å². The van der Waals surface area contributed by atoms with Gasteiger partial charge in [0.15, 0.2) is 0 Å². The maximum absolute atomic E-state index is 12.6. The summed E-state index contributed by atoms with van der Waals surface area (Å²) in [7, 11) is 0. The van der Waals surface area contributed by atoms with Crippen molar-refractivity contribution in [1.82, 2.24) is 5.32 Å². The zero-order chi connectivity index (χ0) is 18.6. The van der Waals surface area contributed by atoms with Crippen molar-refractivity contribution in [3.05, 3.63) is 76.5 Å². The molecule has 4 nitrogen and oxygen atoms in total. The van der Waals surface area contributed by atoms with Gasteiger partial charge >= 0.3 is 0 Å². The molecule has 0 aliphatic carbocycles. The first-order valence-electron chi connectivity index (χ1n) is 9.03. The second-order valence-corrected chi connectivity index (χ2v) is 7.44. The Labute approximate surface area is 162 Å². The van der Waals surface area contributed by atoms with E-state index in [1.165, 1.54) is 11.3 Å². The van der Waals surface area contributed by atoms with Crippen LogP contribution in [0.2, 0.25) is 0 Å². The van der Waals surface area contributed by atoms with Crippen LogP contribution < -0.4 is 10.2 Å². The Hall–Kier alpha value is -2.92. The summed E-state index contributed by atoms with van der Waals surface area (Å²) in [5, 5.41) is 4.94. The van der Waals surface area contributed by atoms with Gasteiger partial charge < -0.3 is 10.2 Å². The van der Waals surface area contributed by atoms with E-state index in [9.17, 15) is 9.59 Å². The fraction of sp³-hybridized carbons (Fsp3) is 0.182. The zero-order valence-electron chi connectivity index (χ0n) is 14.9. The summed E-state index contributed by atoms with van der Waals surface area (Å²) >= 11 is 1.45. The molecule has 0 spiro atoms. The van der Waals surface area contributed by atoms with Gasteiger partial charge in [-0.15, -0.1) is 11.3 Å². The molecule has 2 aromatic carbocycles. The summed E-state index contributed by atoms with van der Waals surface area (Å²) in [6, 6.07) is 19.8. The van der Waals surface area contributed by atoms with Crippen molar-refractivity contribution in [2.45, 2.75) is 19.4 Å². The van der Waals surface area contributed by atoms with Crippen LogP contribution in [0, 0.1) is 0 Å². The Kier molecular flexibility index (Phi) is 5.03. The van der Waals surface area contributed by atoms with Crippen molar-refractivity contribution in [3.8, 4) is 11.1 Å². The van der Waals surface area contributed by atoms with Crippen molar-refractivity contribution in [2.24, 2.45) is 0 Å². The average molecular weight is 376 g/mol. The summed E-state index contributed by atoms with van der Waals surface area (Å²) in [6.07, 6.45) is 1.55. The molecule has 1 fully saturated rings. The second kappa shape index (κ2) is 7.76. The summed E-state index contributed by atoms with van der Waals surface area (Å²) in [6.45, 7) is 1.24. The molecule has 1 saturated heterocycles. The Bertz CT molecular complexity index is 948. The minimum atomic E-state index is -0.0670. The first-order chi connectivity index (χ1) is 13.2. The van der Waals surface area contributed by atoms with Crippen LogP contribution in [-0.4, -0.2) is 18.4 Å². The molecular formula is C22H20N2O2S. The van der Waals surface area contributed by atoms with E-state index in [1.807, 2.05) is 70.9 Å². The van der Waals surface area contributed by atoms with E-state index in [4.69, 9.17) is 0 Å². The molecule has 0 saturated carbocycles. The normalized spacial score (nSPS) is 13.8. The monoisotopic (exact) mass is 376 g/mol. The maximum atomic E-state index is 12.6. The minimum Gasteiger partial charge on any atom is -0.347 e. The third-order valence-corrected chi connectivity index (χ3v) is 5.64. The number of nitrogens with zero attached hydrogens (tertiary/aromatic N) is 1. The highest BCUT2D eigenvalue weighted by atomic mass is 32.1. The molecule has 2 amide bonds. The molecule has 0 unspecified atom stereocenters. The van der Waals surface area contributed by atoms with Crippen molar-refractivity contribution in [3.63, 3.8) is 0 Å². The lowest BCUT2D eigenvalue weighted by molar-refractivity contribution is -0.117. The molecule has 1 aromatic heterocycles. The Morgan fingerprint density at radius 2 is 1.81 bits per heavy atom. The third kappa shape index (κ3) is 3.78. The fourth-order valence-corrected chi connectivity index (χ4v) is 4.14. The zero-order valence-corrected chi connectivity index (χ0v) is 15.7. The lowest BCUT2D eigenvalue weighted by atomic mass is 10.1. The quantitative estimate of drug-likeness (QED) is 0.714. The van der Waals surface area contributed by atoms with E-state index in [2.05, 4.69) is 5.32 Å². The number of anilines is 1. The summed E-state index contributed by atoms with van der Waals surface area (Å²) in [5.74, 6) is 0.116. The molecule has 1 aliphatic heterocycles. The van der Waals surface area contributed by atoms with Gasteiger partial charge in [-0.1, -0.05) is 42.5 Å². The van der Waals surface area contributed by atoms with Crippen LogP contribution in [0.25, 0.3) is 11.1 Å². The van der Waals surface area contributed by atoms with Crippen LogP contribution >= 0.6 is 11.3 Å². The molecule has 27 heavy (non-hydrogen) atoms. The van der Waals surface area contributed by atoms with Crippen LogP contribution in [-0.2, 0) is 11.3 Å². The van der Waals surface area contributed by atoms with Crippen molar-refractivity contribution in [2.75, 3.05) is 11.4 Å². The third-order valence-electron chi connectivity index (χ3n) is 4.73. The summed E-state index contributed by atoms with van der Waals surface area (Å²) in [5.41, 5.74) is 3.94. The number of nitrogens with one attached hydrogen (secondary N) is 1. The van der Waals surface area contributed by atoms with Gasteiger partial charge in [0.1, 0.15) is 0 Å². The van der Waals surface area contributed by atoms with Crippen LogP contribution in [0.3, 0.4) is 0 Å². The molecule has 3 aromatic rings. The van der Waals surface area contributed by atoms with Gasteiger partial charge in [0.2, 0.25) is 5.91 Å². The molecule has 0 bridgehead atoms. The van der Waals surface area contributed by atoms with E-state index in [1.54, 1.807) is 0 Å². The number of rotatable bonds is 5. The highest BCUT2D eigenvalue weighted by Crippen LogP contribution is 2.28. The van der Waals surface area contributed by atoms with E-state index < -0.39 is 0 Å². The summed E-state index contributed by atoms with van der Waals surface area (Å²) < 4.78 is 0. The number of carbonyl (C=O) groups excluding carboxylic acids is 2. The van der Waals surface area contributed by atoms with Crippen LogP contribution in [0.15, 0.2) is 66.0 Å². The van der Waals surface area contributed by atoms with E-state index in [-0.39, 0.29) is 11.8 Å². The first kappa shape index (κ1) is 17.5. The van der Waals surface area contributed by atoms with Crippen LogP contribution in [0.4, 0.5) is 5.69 Å². The number of hydrogen-bond acceptors (Lipinski definition) is 3. The topological polar surface area (TPSA) is 49.4 Å². The Morgan fingerprint density at radius 1 is 1.04 bits per heavy atom. The van der Waals surface area contributed by atoms with Gasteiger partial charge in [0.25, 0.3) is 5.91 Å². The Balaban J connectivity index is 1.42. The maximum Gasteiger partial charge on any atom is 0.262 e. The second-order valence-electron chi connectivity index (χ2n) is 6.53. The lowest BCUT2D eigenvalue weighted by Crippen LogP contribution is -2.24. The number of amides is 2. The number of benzene rings is 2. The fourth-order valence-electron chi connectivity index (χ4n) is 3.31. The molecular weight excluding hydrogens is 356 g/mol. The van der Waals surface area contributed by atoms with Gasteiger partial charge in [-0.05, 0) is 41.1 Å². The van der Waals surface area contributed by atoms with E-state index >= 15 is 0 Å². The van der Waals surface area contributed by atoms with Gasteiger partial charge in [0.05, 0.1) is 4.88 Å². The lowest BCUT2D eigenvalue weighted by Gasteiger charge is -2.16. The molecule has 5 heteroatoms. The molecule has 1 aliphatic rings. The van der Waals surface area contributed by atoms with Crippen molar-refractivity contribution in [1.29, 1.82) is 0 Å². The first-order valence-corrected chi connectivity index (χ1v) is 9.91. The smallest absolute Gasteiger partial charge is 0.262 e. The van der Waals surface area contributed by atoms with Gasteiger partial charge in [-0.3, -0.25) is 9.59 Å². The predicted molar refractivity (Wildman–Crippen MR) is 109 cm³/mol. The van der Waals surface area contributed by atoms with Crippen molar-refractivity contribution < 1.29 is 9.59 Å². The number of thiophene rings is 1. The highest BCUT2D eigenvalue weighted by molar-refractivity contribution is 7.12. The molecule has 0 atom stereocenters. The van der Waals surface area contributed by atoms with E-state index in [0.717, 1.165) is 40.2 Å². The van der Waals surface area contributed by atoms with Crippen LogP contribution in [0.5, 0.6) is 0 Å². The molecule has 136 valence electrons. The van der Waals surface area contributed by atoms with Gasteiger partial charge in [-0.25, -0.2) is 0 Å². The Morgan fingerprint density at radius 3 is 2.52 bits per heavy atom. The number of carbonyl (C=O) groups is 2.